The number of alkyl halides is 2. The van der Waals surface area contributed by atoms with Crippen LogP contribution in [0.25, 0.3) is 0 Å². The highest BCUT2D eigenvalue weighted by atomic mass is 19.3. The fourth-order valence-corrected chi connectivity index (χ4v) is 3.44. The molecule has 1 heterocycles. The van der Waals surface area contributed by atoms with Crippen LogP contribution in [-0.2, 0) is 0 Å². The summed E-state index contributed by atoms with van der Waals surface area (Å²) in [4.78, 5) is 2.12. The van der Waals surface area contributed by atoms with Crippen LogP contribution in [0.4, 0.5) is 18.9 Å². The first-order chi connectivity index (χ1) is 11.6. The molecule has 24 heavy (non-hydrogen) atoms. The summed E-state index contributed by atoms with van der Waals surface area (Å²) in [6.45, 7) is 3.73. The number of halogens is 3. The number of hydrogen-bond acceptors (Lipinski definition) is 1. The van der Waals surface area contributed by atoms with Crippen LogP contribution in [0.2, 0.25) is 0 Å². The van der Waals surface area contributed by atoms with E-state index >= 15 is 0 Å². The van der Waals surface area contributed by atoms with Crippen molar-refractivity contribution in [1.29, 1.82) is 0 Å². The molecule has 1 fully saturated rings. The van der Waals surface area contributed by atoms with E-state index in [1.165, 1.54) is 24.6 Å². The molecule has 0 N–H and O–H groups in total. The molecule has 3 rings (SSSR count). The Morgan fingerprint density at radius 1 is 0.875 bits per heavy atom. The minimum atomic E-state index is -2.47. The predicted molar refractivity (Wildman–Crippen MR) is 91.4 cm³/mol. The summed E-state index contributed by atoms with van der Waals surface area (Å²) in [6, 6.07) is 11.5. The Labute approximate surface area is 141 Å². The highest BCUT2D eigenvalue weighted by molar-refractivity contribution is 5.58. The lowest BCUT2D eigenvalue weighted by Crippen LogP contribution is -2.31. The number of nitrogens with zero attached hydrogens (tertiary/aromatic N) is 1. The molecule has 1 atom stereocenters. The number of para-hydroxylation sites is 1. The molecule has 1 saturated heterocycles. The number of piperidine rings is 1. The molecule has 1 unspecified atom stereocenters. The van der Waals surface area contributed by atoms with Crippen molar-refractivity contribution in [2.45, 2.75) is 38.5 Å². The van der Waals surface area contributed by atoms with Gasteiger partial charge in [-0.3, -0.25) is 0 Å². The van der Waals surface area contributed by atoms with Crippen LogP contribution >= 0.6 is 0 Å². The van der Waals surface area contributed by atoms with Gasteiger partial charge in [-0.2, -0.15) is 0 Å². The maximum Gasteiger partial charge on any atom is 0.263 e. The Morgan fingerprint density at radius 2 is 1.50 bits per heavy atom. The van der Waals surface area contributed by atoms with Gasteiger partial charge in [0.2, 0.25) is 0 Å². The Bertz CT molecular complexity index is 676. The van der Waals surface area contributed by atoms with Crippen LogP contribution in [0.5, 0.6) is 0 Å². The van der Waals surface area contributed by atoms with Gasteiger partial charge in [0.25, 0.3) is 6.43 Å². The number of hydrogen-bond donors (Lipinski definition) is 0. The monoisotopic (exact) mass is 333 g/mol. The average molecular weight is 333 g/mol. The summed E-state index contributed by atoms with van der Waals surface area (Å²) in [5.41, 5.74) is 2.52. The van der Waals surface area contributed by atoms with E-state index in [0.29, 0.717) is 5.69 Å². The van der Waals surface area contributed by atoms with Crippen LogP contribution in [0.3, 0.4) is 0 Å². The third-order valence-corrected chi connectivity index (χ3v) is 4.85. The van der Waals surface area contributed by atoms with E-state index in [9.17, 15) is 13.2 Å². The molecule has 1 aliphatic rings. The second-order valence-corrected chi connectivity index (χ2v) is 6.41. The van der Waals surface area contributed by atoms with Crippen molar-refractivity contribution in [3.05, 3.63) is 65.0 Å². The van der Waals surface area contributed by atoms with Gasteiger partial charge < -0.3 is 4.90 Å². The first-order valence-electron chi connectivity index (χ1n) is 8.49. The van der Waals surface area contributed by atoms with Crippen molar-refractivity contribution in [3.63, 3.8) is 0 Å². The zero-order chi connectivity index (χ0) is 17.1. The second kappa shape index (κ2) is 7.29. The summed E-state index contributed by atoms with van der Waals surface area (Å²) in [5, 5.41) is 0. The van der Waals surface area contributed by atoms with Crippen LogP contribution in [-0.4, -0.2) is 13.1 Å². The van der Waals surface area contributed by atoms with Gasteiger partial charge in [0, 0.05) is 24.6 Å². The minimum absolute atomic E-state index is 0.0152. The van der Waals surface area contributed by atoms with Crippen molar-refractivity contribution in [3.8, 4) is 0 Å². The highest BCUT2D eigenvalue weighted by Gasteiger charge is 2.22. The Kier molecular flexibility index (Phi) is 5.12. The topological polar surface area (TPSA) is 3.24 Å². The van der Waals surface area contributed by atoms with Gasteiger partial charge in [-0.05, 0) is 36.5 Å². The smallest absolute Gasteiger partial charge is 0.263 e. The Morgan fingerprint density at radius 3 is 2.12 bits per heavy atom. The Hall–Kier alpha value is -1.97. The van der Waals surface area contributed by atoms with E-state index in [1.807, 2.05) is 13.0 Å². The van der Waals surface area contributed by atoms with Gasteiger partial charge in [0.1, 0.15) is 5.82 Å². The molecule has 1 nitrogen and oxygen atoms in total. The summed E-state index contributed by atoms with van der Waals surface area (Å²) in [6.07, 6.45) is 0.869. The highest BCUT2D eigenvalue weighted by Crippen LogP contribution is 2.36. The molecule has 0 saturated carbocycles. The molecule has 128 valence electrons. The van der Waals surface area contributed by atoms with Crippen molar-refractivity contribution in [2.24, 2.45) is 0 Å². The van der Waals surface area contributed by atoms with Crippen molar-refractivity contribution < 1.29 is 13.2 Å². The number of benzene rings is 2. The average Bonchev–Trinajstić information content (AvgIpc) is 2.61. The number of anilines is 1. The van der Waals surface area contributed by atoms with E-state index in [-0.39, 0.29) is 17.3 Å². The molecular formula is C20H22F3N. The molecule has 4 heteroatoms. The standard InChI is InChI=1S/C20H22F3N/c1-14(15-8-10-16(11-9-15)20(22)23)17-6-5-7-18(21)19(17)24-12-3-2-4-13-24/h5-11,14,20H,2-4,12-13H2,1H3. The SMILES string of the molecule is CC(c1ccc(C(F)F)cc1)c1cccc(F)c1N1CCCCC1. The van der Waals surface area contributed by atoms with E-state index in [2.05, 4.69) is 4.90 Å². The van der Waals surface area contributed by atoms with Gasteiger partial charge in [-0.25, -0.2) is 13.2 Å². The van der Waals surface area contributed by atoms with Gasteiger partial charge in [0.05, 0.1) is 5.69 Å². The quantitative estimate of drug-likeness (QED) is 0.673. The fourth-order valence-electron chi connectivity index (χ4n) is 3.44. The van der Waals surface area contributed by atoms with E-state index < -0.39 is 6.43 Å². The predicted octanol–water partition coefficient (Wildman–Crippen LogP) is 5.91. The maximum absolute atomic E-state index is 14.5. The molecule has 0 aliphatic carbocycles. The molecule has 0 amide bonds. The lowest BCUT2D eigenvalue weighted by Gasteiger charge is -2.32. The van der Waals surface area contributed by atoms with Crippen LogP contribution < -0.4 is 4.90 Å². The van der Waals surface area contributed by atoms with Crippen LogP contribution in [0, 0.1) is 5.82 Å². The summed E-state index contributed by atoms with van der Waals surface area (Å²) in [7, 11) is 0. The summed E-state index contributed by atoms with van der Waals surface area (Å²) in [5.74, 6) is -0.255. The zero-order valence-electron chi connectivity index (χ0n) is 13.8. The third-order valence-electron chi connectivity index (χ3n) is 4.85. The van der Waals surface area contributed by atoms with Crippen molar-refractivity contribution >= 4 is 5.69 Å². The third kappa shape index (κ3) is 3.42. The number of rotatable bonds is 4. The lowest BCUT2D eigenvalue weighted by molar-refractivity contribution is 0.151. The van der Waals surface area contributed by atoms with Gasteiger partial charge >= 0.3 is 0 Å². The van der Waals surface area contributed by atoms with Crippen molar-refractivity contribution in [1.82, 2.24) is 0 Å². The maximum atomic E-state index is 14.5. The first kappa shape index (κ1) is 16.9. The van der Waals surface area contributed by atoms with Gasteiger partial charge in [-0.15, -0.1) is 0 Å². The molecule has 1 aliphatic heterocycles. The fraction of sp³-hybridized carbons (Fsp3) is 0.400. The molecule has 2 aromatic rings. The largest absolute Gasteiger partial charge is 0.369 e. The molecular weight excluding hydrogens is 311 g/mol. The normalized spacial score (nSPS) is 16.5. The molecule has 0 aromatic heterocycles. The van der Waals surface area contributed by atoms with E-state index in [0.717, 1.165) is 37.1 Å². The van der Waals surface area contributed by atoms with E-state index in [4.69, 9.17) is 0 Å². The first-order valence-corrected chi connectivity index (χ1v) is 8.49. The van der Waals surface area contributed by atoms with Gasteiger partial charge in [-0.1, -0.05) is 43.3 Å². The molecule has 0 bridgehead atoms. The van der Waals surface area contributed by atoms with Crippen molar-refractivity contribution in [2.75, 3.05) is 18.0 Å². The van der Waals surface area contributed by atoms with Gasteiger partial charge in [0.15, 0.2) is 0 Å². The Balaban J connectivity index is 1.94. The lowest BCUT2D eigenvalue weighted by atomic mass is 9.90. The summed E-state index contributed by atoms with van der Waals surface area (Å²) < 4.78 is 40.0. The van der Waals surface area contributed by atoms with Crippen LogP contribution in [0.15, 0.2) is 42.5 Å². The van der Waals surface area contributed by atoms with E-state index in [1.54, 1.807) is 18.2 Å². The minimum Gasteiger partial charge on any atom is -0.369 e. The zero-order valence-corrected chi connectivity index (χ0v) is 13.8. The summed E-state index contributed by atoms with van der Waals surface area (Å²) >= 11 is 0. The molecule has 0 radical (unpaired) electrons. The second-order valence-electron chi connectivity index (χ2n) is 6.41. The van der Waals surface area contributed by atoms with Crippen LogP contribution in [0.1, 0.15) is 55.2 Å². The molecule has 2 aromatic carbocycles. The molecule has 0 spiro atoms.